The lowest BCUT2D eigenvalue weighted by molar-refractivity contribution is 0.0522. The summed E-state index contributed by atoms with van der Waals surface area (Å²) in [5, 5.41) is 14.6. The van der Waals surface area contributed by atoms with Crippen molar-refractivity contribution in [1.82, 2.24) is 10.6 Å². The van der Waals surface area contributed by atoms with E-state index in [0.29, 0.717) is 16.7 Å². The summed E-state index contributed by atoms with van der Waals surface area (Å²) in [6, 6.07) is 16.0. The highest BCUT2D eigenvalue weighted by Gasteiger charge is 2.18. The van der Waals surface area contributed by atoms with E-state index >= 15 is 0 Å². The Hall–Kier alpha value is -3.33. The van der Waals surface area contributed by atoms with Crippen LogP contribution in [0.15, 0.2) is 48.5 Å². The van der Waals surface area contributed by atoms with Gasteiger partial charge in [0.15, 0.2) is 0 Å². The fourth-order valence-corrected chi connectivity index (χ4v) is 2.61. The summed E-state index contributed by atoms with van der Waals surface area (Å²) in [7, 11) is 0. The lowest BCUT2D eigenvalue weighted by Crippen LogP contribution is -2.33. The monoisotopic (exact) mass is 379 g/mol. The minimum atomic E-state index is -0.589. The molecule has 0 bridgehead atoms. The van der Waals surface area contributed by atoms with Crippen LogP contribution in [0.2, 0.25) is 0 Å². The van der Waals surface area contributed by atoms with Crippen LogP contribution in [0, 0.1) is 11.3 Å². The van der Waals surface area contributed by atoms with Crippen LogP contribution in [0.5, 0.6) is 0 Å². The van der Waals surface area contributed by atoms with Gasteiger partial charge in [0.05, 0.1) is 17.7 Å². The molecule has 2 amide bonds. The minimum absolute atomic E-state index is 0.177. The van der Waals surface area contributed by atoms with E-state index in [2.05, 4.69) is 16.7 Å². The van der Waals surface area contributed by atoms with Crippen LogP contribution in [0.4, 0.5) is 4.79 Å². The molecule has 6 nitrogen and oxygen atoms in total. The van der Waals surface area contributed by atoms with Gasteiger partial charge in [0, 0.05) is 12.1 Å². The summed E-state index contributed by atoms with van der Waals surface area (Å²) in [5.74, 6) is -0.253. The smallest absolute Gasteiger partial charge is 0.407 e. The van der Waals surface area contributed by atoms with Gasteiger partial charge in [0.25, 0.3) is 5.91 Å². The molecular formula is C22H25N3O3. The second kappa shape index (κ2) is 9.05. The zero-order chi connectivity index (χ0) is 20.7. The van der Waals surface area contributed by atoms with E-state index in [4.69, 9.17) is 10.00 Å². The maximum absolute atomic E-state index is 12.8. The lowest BCUT2D eigenvalue weighted by Gasteiger charge is -2.20. The Bertz CT molecular complexity index is 894. The van der Waals surface area contributed by atoms with Gasteiger partial charge in [-0.05, 0) is 57.0 Å². The molecule has 0 aliphatic heterocycles. The maximum atomic E-state index is 12.8. The van der Waals surface area contributed by atoms with Gasteiger partial charge in [0.2, 0.25) is 0 Å². The number of alkyl carbamates (subject to hydrolysis) is 1. The van der Waals surface area contributed by atoms with Gasteiger partial charge < -0.3 is 15.4 Å². The number of nitrogens with zero attached hydrogens (tertiary/aromatic N) is 1. The number of nitrogens with one attached hydrogen (secondary N) is 2. The number of rotatable bonds is 5. The fraction of sp³-hybridized carbons (Fsp3) is 0.318. The highest BCUT2D eigenvalue weighted by molar-refractivity contribution is 5.96. The first-order chi connectivity index (χ1) is 13.2. The quantitative estimate of drug-likeness (QED) is 0.819. The molecule has 6 heteroatoms. The van der Waals surface area contributed by atoms with Gasteiger partial charge in [-0.25, -0.2) is 4.79 Å². The SMILES string of the molecule is C[C@@H](NC(=O)c1ccccc1CNC(=O)OC(C)(C)C)c1cccc(C#N)c1. The van der Waals surface area contributed by atoms with Crippen LogP contribution in [-0.4, -0.2) is 17.6 Å². The van der Waals surface area contributed by atoms with E-state index in [0.717, 1.165) is 5.56 Å². The average Bonchev–Trinajstić information content (AvgIpc) is 2.65. The van der Waals surface area contributed by atoms with Gasteiger partial charge in [-0.1, -0.05) is 30.3 Å². The number of hydrogen-bond acceptors (Lipinski definition) is 4. The van der Waals surface area contributed by atoms with Crippen molar-refractivity contribution < 1.29 is 14.3 Å². The predicted molar refractivity (Wildman–Crippen MR) is 107 cm³/mol. The van der Waals surface area contributed by atoms with Crippen molar-refractivity contribution in [2.45, 2.75) is 45.9 Å². The molecule has 2 aromatic rings. The molecule has 1 atom stereocenters. The molecular weight excluding hydrogens is 354 g/mol. The Labute approximate surface area is 165 Å². The number of carbonyl (C=O) groups is 2. The van der Waals surface area contributed by atoms with E-state index in [1.165, 1.54) is 0 Å². The Morgan fingerprint density at radius 3 is 2.54 bits per heavy atom. The normalized spacial score (nSPS) is 11.8. The Balaban J connectivity index is 2.07. The Morgan fingerprint density at radius 2 is 1.86 bits per heavy atom. The zero-order valence-corrected chi connectivity index (χ0v) is 16.6. The largest absolute Gasteiger partial charge is 0.444 e. The molecule has 0 aliphatic carbocycles. The molecule has 0 radical (unpaired) electrons. The van der Waals surface area contributed by atoms with Crippen molar-refractivity contribution >= 4 is 12.0 Å². The number of ether oxygens (including phenoxy) is 1. The van der Waals surface area contributed by atoms with Crippen molar-refractivity contribution in [2.75, 3.05) is 0 Å². The summed E-state index contributed by atoms with van der Waals surface area (Å²) < 4.78 is 5.23. The molecule has 146 valence electrons. The van der Waals surface area contributed by atoms with Crippen LogP contribution in [0.3, 0.4) is 0 Å². The van der Waals surface area contributed by atoms with Crippen LogP contribution >= 0.6 is 0 Å². The highest BCUT2D eigenvalue weighted by Crippen LogP contribution is 2.16. The Morgan fingerprint density at radius 1 is 1.14 bits per heavy atom. The van der Waals surface area contributed by atoms with Gasteiger partial charge in [-0.15, -0.1) is 0 Å². The molecule has 2 N–H and O–H groups in total. The first-order valence-electron chi connectivity index (χ1n) is 9.05. The molecule has 2 rings (SSSR count). The number of nitriles is 1. The molecule has 0 saturated heterocycles. The van der Waals surface area contributed by atoms with Gasteiger partial charge in [0.1, 0.15) is 5.60 Å². The first kappa shape index (κ1) is 21.0. The number of carbonyl (C=O) groups excluding carboxylic acids is 2. The Kier molecular flexibility index (Phi) is 6.78. The third-order valence-corrected chi connectivity index (χ3v) is 3.95. The van der Waals surface area contributed by atoms with Crippen LogP contribution < -0.4 is 10.6 Å². The van der Waals surface area contributed by atoms with Crippen molar-refractivity contribution in [2.24, 2.45) is 0 Å². The van der Waals surface area contributed by atoms with Crippen molar-refractivity contribution in [1.29, 1.82) is 5.26 Å². The topological polar surface area (TPSA) is 91.2 Å². The van der Waals surface area contributed by atoms with E-state index in [1.54, 1.807) is 57.2 Å². The van der Waals surface area contributed by atoms with E-state index in [9.17, 15) is 9.59 Å². The molecule has 0 spiro atoms. The van der Waals surface area contributed by atoms with Crippen LogP contribution in [-0.2, 0) is 11.3 Å². The van der Waals surface area contributed by atoms with Crippen molar-refractivity contribution in [3.63, 3.8) is 0 Å². The van der Waals surface area contributed by atoms with Crippen LogP contribution in [0.1, 0.15) is 60.8 Å². The molecule has 0 aliphatic rings. The highest BCUT2D eigenvalue weighted by atomic mass is 16.6. The molecule has 2 aromatic carbocycles. The number of benzene rings is 2. The summed E-state index contributed by atoms with van der Waals surface area (Å²) in [5.41, 5.74) is 1.96. The zero-order valence-electron chi connectivity index (χ0n) is 16.6. The summed E-state index contributed by atoms with van der Waals surface area (Å²) in [6.45, 7) is 7.40. The third-order valence-electron chi connectivity index (χ3n) is 3.95. The van der Waals surface area contributed by atoms with Crippen LogP contribution in [0.25, 0.3) is 0 Å². The molecule has 0 fully saturated rings. The van der Waals surface area contributed by atoms with Gasteiger partial charge in [-0.3, -0.25) is 4.79 Å². The molecule has 0 heterocycles. The minimum Gasteiger partial charge on any atom is -0.444 e. The second-order valence-corrected chi connectivity index (χ2v) is 7.45. The third kappa shape index (κ3) is 6.13. The van der Waals surface area contributed by atoms with E-state index < -0.39 is 11.7 Å². The molecule has 28 heavy (non-hydrogen) atoms. The predicted octanol–water partition coefficient (Wildman–Crippen LogP) is 4.07. The average molecular weight is 379 g/mol. The van der Waals surface area contributed by atoms with E-state index in [1.807, 2.05) is 19.1 Å². The lowest BCUT2D eigenvalue weighted by atomic mass is 10.0. The standard InChI is InChI=1S/C22H25N3O3/c1-15(17-10-7-8-16(12-17)13-23)25-20(26)19-11-6-5-9-18(19)14-24-21(27)28-22(2,3)4/h5-12,15H,14H2,1-4H3,(H,24,27)(H,25,26)/t15-/m1/s1. The van der Waals surface area contributed by atoms with E-state index in [-0.39, 0.29) is 18.5 Å². The number of amides is 2. The first-order valence-corrected chi connectivity index (χ1v) is 9.05. The summed E-state index contributed by atoms with van der Waals surface area (Å²) >= 11 is 0. The van der Waals surface area contributed by atoms with Crippen molar-refractivity contribution in [3.05, 3.63) is 70.8 Å². The second-order valence-electron chi connectivity index (χ2n) is 7.45. The molecule has 0 unspecified atom stereocenters. The van der Waals surface area contributed by atoms with Gasteiger partial charge in [-0.2, -0.15) is 5.26 Å². The van der Waals surface area contributed by atoms with Crippen molar-refractivity contribution in [3.8, 4) is 6.07 Å². The molecule has 0 saturated carbocycles. The fourth-order valence-electron chi connectivity index (χ4n) is 2.61. The maximum Gasteiger partial charge on any atom is 0.407 e. The summed E-state index contributed by atoms with van der Waals surface area (Å²) in [4.78, 5) is 24.6. The molecule has 0 aromatic heterocycles. The van der Waals surface area contributed by atoms with Gasteiger partial charge >= 0.3 is 6.09 Å². The summed E-state index contributed by atoms with van der Waals surface area (Å²) in [6.07, 6.45) is -0.538. The number of hydrogen-bond donors (Lipinski definition) is 2.